The number of unbranched alkanes of at least 4 members (excludes halogenated alkanes) is 12. The summed E-state index contributed by atoms with van der Waals surface area (Å²) in [4.78, 5) is 25.0. The third-order valence-electron chi connectivity index (χ3n) is 6.97. The fourth-order valence-corrected chi connectivity index (χ4v) is 5.04. The highest BCUT2D eigenvalue weighted by atomic mass is 16.5. The zero-order valence-corrected chi connectivity index (χ0v) is 23.0. The molecule has 1 aliphatic rings. The topological polar surface area (TPSA) is 76.7 Å². The van der Waals surface area contributed by atoms with Crippen LogP contribution in [0.3, 0.4) is 0 Å². The minimum absolute atomic E-state index is 0.330. The zero-order chi connectivity index (χ0) is 26.2. The van der Waals surface area contributed by atoms with E-state index in [0.717, 1.165) is 24.0 Å². The molecule has 0 saturated carbocycles. The second kappa shape index (κ2) is 17.0. The number of esters is 1. The lowest BCUT2D eigenvalue weighted by atomic mass is 9.89. The van der Waals surface area contributed by atoms with Crippen molar-refractivity contribution in [1.82, 2.24) is 10.6 Å². The summed E-state index contributed by atoms with van der Waals surface area (Å²) in [7, 11) is 1.36. The van der Waals surface area contributed by atoms with Crippen molar-refractivity contribution in [3.8, 4) is 5.75 Å². The molecule has 1 aromatic carbocycles. The van der Waals surface area contributed by atoms with Crippen molar-refractivity contribution in [2.24, 2.45) is 0 Å². The largest absolute Gasteiger partial charge is 0.493 e. The highest BCUT2D eigenvalue weighted by Crippen LogP contribution is 2.37. The molecule has 2 rings (SSSR count). The van der Waals surface area contributed by atoms with E-state index in [0.29, 0.717) is 23.6 Å². The summed E-state index contributed by atoms with van der Waals surface area (Å²) >= 11 is 0. The molecule has 0 fully saturated rings. The third kappa shape index (κ3) is 9.51. The minimum Gasteiger partial charge on any atom is -0.493 e. The smallest absolute Gasteiger partial charge is 0.337 e. The fraction of sp³-hybridized carbons (Fsp3) is 0.667. The molecule has 36 heavy (non-hydrogen) atoms. The van der Waals surface area contributed by atoms with Crippen LogP contribution in [0.5, 0.6) is 5.75 Å². The van der Waals surface area contributed by atoms with Gasteiger partial charge in [0, 0.05) is 11.3 Å². The van der Waals surface area contributed by atoms with Gasteiger partial charge in [0.2, 0.25) is 0 Å². The normalized spacial score (nSPS) is 15.4. The predicted octanol–water partition coefficient (Wildman–Crippen LogP) is 7.52. The van der Waals surface area contributed by atoms with Crippen LogP contribution in [0.25, 0.3) is 0 Å². The molecular weight excluding hydrogens is 452 g/mol. The molecule has 0 radical (unpaired) electrons. The van der Waals surface area contributed by atoms with Crippen molar-refractivity contribution < 1.29 is 19.1 Å². The molecule has 2 amide bonds. The van der Waals surface area contributed by atoms with Crippen molar-refractivity contribution in [3.05, 3.63) is 40.6 Å². The van der Waals surface area contributed by atoms with E-state index >= 15 is 0 Å². The number of hydrogen-bond acceptors (Lipinski definition) is 4. The third-order valence-corrected chi connectivity index (χ3v) is 6.97. The highest BCUT2D eigenvalue weighted by Gasteiger charge is 2.35. The molecule has 0 aliphatic carbocycles. The number of carbonyl (C=O) groups excluding carboxylic acids is 2. The van der Waals surface area contributed by atoms with Crippen molar-refractivity contribution >= 4 is 12.0 Å². The summed E-state index contributed by atoms with van der Waals surface area (Å²) in [5.41, 5.74) is 2.88. The number of hydrogen-bond donors (Lipinski definition) is 2. The summed E-state index contributed by atoms with van der Waals surface area (Å²) in [5, 5.41) is 5.63. The first kappa shape index (κ1) is 29.7. The van der Waals surface area contributed by atoms with Gasteiger partial charge in [-0.05, 0) is 38.3 Å². The fourth-order valence-electron chi connectivity index (χ4n) is 5.04. The van der Waals surface area contributed by atoms with Crippen molar-refractivity contribution in [2.45, 2.75) is 117 Å². The Balaban J connectivity index is 1.91. The lowest BCUT2D eigenvalue weighted by molar-refractivity contribution is -0.136. The standard InChI is InChI=1S/C30H48N2O4/c1-5-7-8-9-10-11-12-13-14-15-16-17-18-20-24-21-19-22-25(36-6-2)27(24)28-26(29(33)35-4)23(3)31-30(34)32-28/h19,21-22,28H,5-18,20H2,1-4H3,(H2,31,32,34). The maximum absolute atomic E-state index is 12.6. The number of carbonyl (C=O) groups is 2. The number of benzene rings is 1. The first-order chi connectivity index (χ1) is 17.5. The van der Waals surface area contributed by atoms with E-state index in [4.69, 9.17) is 9.47 Å². The maximum Gasteiger partial charge on any atom is 0.337 e. The Bertz CT molecular complexity index is 849. The summed E-state index contributed by atoms with van der Waals surface area (Å²) in [6.07, 6.45) is 18.0. The first-order valence-electron chi connectivity index (χ1n) is 14.1. The Kier molecular flexibility index (Phi) is 14.1. The molecule has 1 heterocycles. The van der Waals surface area contributed by atoms with Gasteiger partial charge in [-0.25, -0.2) is 9.59 Å². The quantitative estimate of drug-likeness (QED) is 0.161. The van der Waals surface area contributed by atoms with Gasteiger partial charge in [0.15, 0.2) is 0 Å². The Hall–Kier alpha value is -2.50. The van der Waals surface area contributed by atoms with Crippen LogP contribution in [0, 0.1) is 0 Å². The number of ether oxygens (including phenoxy) is 2. The van der Waals surface area contributed by atoms with Gasteiger partial charge in [-0.2, -0.15) is 0 Å². The van der Waals surface area contributed by atoms with Crippen molar-refractivity contribution in [2.75, 3.05) is 13.7 Å². The molecular formula is C30H48N2O4. The number of rotatable bonds is 18. The van der Waals surface area contributed by atoms with Crippen molar-refractivity contribution in [3.63, 3.8) is 0 Å². The predicted molar refractivity (Wildman–Crippen MR) is 146 cm³/mol. The molecule has 0 bridgehead atoms. The van der Waals surface area contributed by atoms with Crippen LogP contribution in [0.1, 0.15) is 121 Å². The summed E-state index contributed by atoms with van der Waals surface area (Å²) < 4.78 is 11.0. The molecule has 6 heteroatoms. The van der Waals surface area contributed by atoms with Gasteiger partial charge in [0.25, 0.3) is 0 Å². The van der Waals surface area contributed by atoms with Gasteiger partial charge in [0.1, 0.15) is 5.75 Å². The van der Waals surface area contributed by atoms with E-state index in [1.807, 2.05) is 19.1 Å². The first-order valence-corrected chi connectivity index (χ1v) is 14.1. The lowest BCUT2D eigenvalue weighted by Crippen LogP contribution is -2.45. The van der Waals surface area contributed by atoms with E-state index in [9.17, 15) is 9.59 Å². The Morgan fingerprint density at radius 1 is 0.889 bits per heavy atom. The van der Waals surface area contributed by atoms with Crippen LogP contribution in [-0.4, -0.2) is 25.7 Å². The summed E-state index contributed by atoms with van der Waals surface area (Å²) in [6, 6.07) is 5.04. The van der Waals surface area contributed by atoms with Gasteiger partial charge >= 0.3 is 12.0 Å². The summed E-state index contributed by atoms with van der Waals surface area (Å²) in [5.74, 6) is 0.245. The van der Waals surface area contributed by atoms with Gasteiger partial charge in [-0.15, -0.1) is 0 Å². The van der Waals surface area contributed by atoms with E-state index in [-0.39, 0.29) is 6.03 Å². The molecule has 0 saturated heterocycles. The van der Waals surface area contributed by atoms with Crippen molar-refractivity contribution in [1.29, 1.82) is 0 Å². The van der Waals surface area contributed by atoms with Gasteiger partial charge < -0.3 is 20.1 Å². The second-order valence-corrected chi connectivity index (χ2v) is 9.82. The van der Waals surface area contributed by atoms with Crippen LogP contribution in [0.2, 0.25) is 0 Å². The molecule has 1 aliphatic heterocycles. The molecule has 202 valence electrons. The van der Waals surface area contributed by atoms with Gasteiger partial charge in [-0.3, -0.25) is 0 Å². The molecule has 0 aromatic heterocycles. The van der Waals surface area contributed by atoms with Crippen LogP contribution < -0.4 is 15.4 Å². The lowest BCUT2D eigenvalue weighted by Gasteiger charge is -2.30. The van der Waals surface area contributed by atoms with Crippen LogP contribution >= 0.6 is 0 Å². The number of urea groups is 1. The number of allylic oxidation sites excluding steroid dienone is 1. The molecule has 1 unspecified atom stereocenters. The minimum atomic E-state index is -0.606. The van der Waals surface area contributed by atoms with Crippen LogP contribution in [-0.2, 0) is 16.0 Å². The van der Waals surface area contributed by atoms with E-state index < -0.39 is 12.0 Å². The molecule has 0 spiro atoms. The van der Waals surface area contributed by atoms with Gasteiger partial charge in [0.05, 0.1) is 25.3 Å². The molecule has 6 nitrogen and oxygen atoms in total. The summed E-state index contributed by atoms with van der Waals surface area (Å²) in [6.45, 7) is 6.44. The Morgan fingerprint density at radius 2 is 1.47 bits per heavy atom. The number of methoxy groups -OCH3 is 1. The van der Waals surface area contributed by atoms with Crippen LogP contribution in [0.4, 0.5) is 4.79 Å². The SMILES string of the molecule is CCCCCCCCCCCCCCCc1cccc(OCC)c1C1NC(=O)NC(C)=C1C(=O)OC. The maximum atomic E-state index is 12.6. The number of nitrogens with one attached hydrogen (secondary N) is 2. The Labute approximate surface area is 218 Å². The van der Waals surface area contributed by atoms with E-state index in [1.165, 1.54) is 84.2 Å². The Morgan fingerprint density at radius 3 is 2.03 bits per heavy atom. The average molecular weight is 501 g/mol. The van der Waals surface area contributed by atoms with Gasteiger partial charge in [-0.1, -0.05) is 96.1 Å². The van der Waals surface area contributed by atoms with E-state index in [1.54, 1.807) is 6.92 Å². The average Bonchev–Trinajstić information content (AvgIpc) is 2.86. The molecule has 1 aromatic rings. The van der Waals surface area contributed by atoms with Crippen LogP contribution in [0.15, 0.2) is 29.5 Å². The number of amides is 2. The van der Waals surface area contributed by atoms with E-state index in [2.05, 4.69) is 23.6 Å². The second-order valence-electron chi connectivity index (χ2n) is 9.82. The molecule has 2 N–H and O–H groups in total. The highest BCUT2D eigenvalue weighted by molar-refractivity contribution is 5.95. The monoisotopic (exact) mass is 500 g/mol. The zero-order valence-electron chi connectivity index (χ0n) is 23.0. The number of aryl methyl sites for hydroxylation is 1. The molecule has 1 atom stereocenters.